The molecule has 2 N–H and O–H groups in total. The number of aliphatic imine (C=N–C) groups is 1. The Hall–Kier alpha value is -3.72. The van der Waals surface area contributed by atoms with Crippen LogP contribution < -0.4 is 15.5 Å². The molecule has 2 saturated carbocycles. The lowest BCUT2D eigenvalue weighted by molar-refractivity contribution is 0.100. The fourth-order valence-electron chi connectivity index (χ4n) is 7.36. The van der Waals surface area contributed by atoms with Crippen molar-refractivity contribution in [2.24, 2.45) is 23.9 Å². The first-order valence-electron chi connectivity index (χ1n) is 16.1. The van der Waals surface area contributed by atoms with Gasteiger partial charge in [-0.25, -0.2) is 0 Å². The van der Waals surface area contributed by atoms with Crippen LogP contribution in [0.15, 0.2) is 41.5 Å². The van der Waals surface area contributed by atoms with E-state index in [4.69, 9.17) is 9.98 Å². The molecule has 1 amide bonds. The standard InChI is InChI=1S/C34H44N8O/c1-21-15-24-16-30(36-21)28-19-35-41(4)31(28)8-6-5-7-23(22-9-10-22)20-42-32-18-26(37-25-11-13-27(17-25)40(2)3)12-14-29(32)38-34(42)39-33(24)43/h12,14-16,18-19,22-23,25,27,37H,5-11,13,17,20H2,1-4H3,(H,38,39,43). The molecule has 3 atom stereocenters. The number of aromatic nitrogens is 3. The molecule has 2 bridgehead atoms. The minimum Gasteiger partial charge on any atom is -0.382 e. The van der Waals surface area contributed by atoms with Gasteiger partial charge in [-0.3, -0.25) is 14.5 Å². The van der Waals surface area contributed by atoms with E-state index in [0.29, 0.717) is 29.5 Å². The zero-order chi connectivity index (χ0) is 29.7. The predicted molar refractivity (Wildman–Crippen MR) is 173 cm³/mol. The highest BCUT2D eigenvalue weighted by Crippen LogP contribution is 2.43. The van der Waals surface area contributed by atoms with Crippen molar-refractivity contribution >= 4 is 28.9 Å². The number of nitrogens with zero attached hydrogens (tertiary/aromatic N) is 6. The lowest BCUT2D eigenvalue weighted by atomic mass is 9.94. The minimum absolute atomic E-state index is 0.255. The van der Waals surface area contributed by atoms with Crippen molar-refractivity contribution in [2.75, 3.05) is 36.2 Å². The van der Waals surface area contributed by atoms with Gasteiger partial charge in [-0.2, -0.15) is 10.1 Å². The number of nitrogens with one attached hydrogen (secondary N) is 2. The first-order chi connectivity index (χ1) is 20.8. The summed E-state index contributed by atoms with van der Waals surface area (Å²) in [5.41, 5.74) is 7.58. The van der Waals surface area contributed by atoms with E-state index in [-0.39, 0.29) is 5.91 Å². The van der Waals surface area contributed by atoms with Gasteiger partial charge in [0.15, 0.2) is 0 Å². The molecule has 0 radical (unpaired) electrons. The summed E-state index contributed by atoms with van der Waals surface area (Å²) in [5, 5.41) is 11.9. The summed E-state index contributed by atoms with van der Waals surface area (Å²) in [7, 11) is 6.36. The van der Waals surface area contributed by atoms with E-state index in [1.807, 2.05) is 37.0 Å². The molecule has 2 fully saturated rings. The first-order valence-corrected chi connectivity index (χ1v) is 16.1. The van der Waals surface area contributed by atoms with E-state index >= 15 is 0 Å². The van der Waals surface area contributed by atoms with Gasteiger partial charge in [0, 0.05) is 53.9 Å². The number of anilines is 3. The van der Waals surface area contributed by atoms with Gasteiger partial charge in [0.05, 0.1) is 23.3 Å². The number of amides is 1. The number of aryl methyl sites for hydroxylation is 2. The average molecular weight is 581 g/mol. The van der Waals surface area contributed by atoms with E-state index in [0.717, 1.165) is 72.2 Å². The van der Waals surface area contributed by atoms with Crippen LogP contribution in [-0.4, -0.2) is 64.3 Å². The van der Waals surface area contributed by atoms with Crippen LogP contribution in [0.2, 0.25) is 0 Å². The molecule has 3 unspecified atom stereocenters. The number of hydrogen-bond donors (Lipinski definition) is 2. The first kappa shape index (κ1) is 28.1. The summed E-state index contributed by atoms with van der Waals surface area (Å²) in [6, 6.07) is 11.4. The second-order valence-corrected chi connectivity index (χ2v) is 13.3. The van der Waals surface area contributed by atoms with Gasteiger partial charge in [-0.15, -0.1) is 0 Å². The molecule has 43 heavy (non-hydrogen) atoms. The Kier molecular flexibility index (Phi) is 7.45. The fourth-order valence-corrected chi connectivity index (χ4v) is 7.36. The molecule has 4 heterocycles. The molecule has 2 aromatic heterocycles. The summed E-state index contributed by atoms with van der Waals surface area (Å²) in [6.45, 7) is 2.80. The smallest absolute Gasteiger partial charge is 0.280 e. The Balaban J connectivity index is 1.23. The number of fused-ring (bicyclic) bond motifs is 7. The molecule has 2 aliphatic heterocycles. The van der Waals surface area contributed by atoms with Crippen LogP contribution in [0.5, 0.6) is 0 Å². The van der Waals surface area contributed by atoms with E-state index in [1.54, 1.807) is 0 Å². The maximum Gasteiger partial charge on any atom is 0.280 e. The SMILES string of the molecule is Cc1cc2cc(n1)-c1cnn(C)c1CCCCC(C1CC1)CN1/C(=N/C2=O)Nc2ccc(NC3CCC(N(C)C)C3)cc21. The van der Waals surface area contributed by atoms with Crippen LogP contribution in [0.4, 0.5) is 17.1 Å². The van der Waals surface area contributed by atoms with Crippen molar-refractivity contribution in [1.29, 1.82) is 0 Å². The number of carbonyl (C=O) groups is 1. The number of hydrogen-bond acceptors (Lipinski definition) is 7. The summed E-state index contributed by atoms with van der Waals surface area (Å²) >= 11 is 0. The van der Waals surface area contributed by atoms with Crippen molar-refractivity contribution < 1.29 is 4.79 Å². The second-order valence-electron chi connectivity index (χ2n) is 13.3. The third kappa shape index (κ3) is 5.79. The molecule has 9 nitrogen and oxygen atoms in total. The van der Waals surface area contributed by atoms with Crippen LogP contribution in [0.1, 0.15) is 73.1 Å². The Morgan fingerprint density at radius 2 is 1.88 bits per heavy atom. The van der Waals surface area contributed by atoms with Gasteiger partial charge in [-0.1, -0.05) is 6.42 Å². The fraction of sp³-hybridized carbons (Fsp3) is 0.529. The monoisotopic (exact) mass is 580 g/mol. The maximum atomic E-state index is 13.8. The van der Waals surface area contributed by atoms with Crippen molar-refractivity contribution in [1.82, 2.24) is 19.7 Å². The predicted octanol–water partition coefficient (Wildman–Crippen LogP) is 5.87. The van der Waals surface area contributed by atoms with Crippen LogP contribution in [0, 0.1) is 18.8 Å². The highest BCUT2D eigenvalue weighted by atomic mass is 16.1. The molecule has 0 spiro atoms. The second kappa shape index (κ2) is 11.4. The van der Waals surface area contributed by atoms with Crippen LogP contribution in [-0.2, 0) is 13.5 Å². The Morgan fingerprint density at radius 3 is 2.67 bits per heavy atom. The number of carbonyl (C=O) groups excluding carboxylic acids is 1. The van der Waals surface area contributed by atoms with Crippen LogP contribution in [0.25, 0.3) is 11.3 Å². The van der Waals surface area contributed by atoms with Crippen molar-refractivity contribution in [3.63, 3.8) is 0 Å². The number of guanidine groups is 1. The van der Waals surface area contributed by atoms with Crippen LogP contribution in [0.3, 0.4) is 0 Å². The van der Waals surface area contributed by atoms with E-state index in [2.05, 4.69) is 57.8 Å². The Bertz CT molecular complexity index is 1550. The molecule has 0 saturated heterocycles. The van der Waals surface area contributed by atoms with Gasteiger partial charge in [-0.05, 0) is 115 Å². The van der Waals surface area contributed by atoms with Crippen molar-refractivity contribution in [3.8, 4) is 11.3 Å². The quantitative estimate of drug-likeness (QED) is 0.399. The van der Waals surface area contributed by atoms with Gasteiger partial charge in [0.25, 0.3) is 5.91 Å². The number of benzene rings is 1. The number of rotatable bonds is 4. The van der Waals surface area contributed by atoms with E-state index < -0.39 is 0 Å². The molecular weight excluding hydrogens is 536 g/mol. The highest BCUT2D eigenvalue weighted by Gasteiger charge is 2.36. The minimum atomic E-state index is -0.255. The zero-order valence-electron chi connectivity index (χ0n) is 25.9. The van der Waals surface area contributed by atoms with Crippen LogP contribution >= 0.6 is 0 Å². The average Bonchev–Trinajstić information content (AvgIpc) is 3.46. The van der Waals surface area contributed by atoms with Gasteiger partial charge >= 0.3 is 0 Å². The summed E-state index contributed by atoms with van der Waals surface area (Å²) in [6.07, 6.45) is 12.4. The van der Waals surface area contributed by atoms with E-state index in [1.165, 1.54) is 37.8 Å². The van der Waals surface area contributed by atoms with Gasteiger partial charge in [0.2, 0.25) is 5.96 Å². The Morgan fingerprint density at radius 1 is 1.02 bits per heavy atom. The normalized spacial score (nSPS) is 25.2. The van der Waals surface area contributed by atoms with Gasteiger partial charge in [0.1, 0.15) is 0 Å². The molecule has 2 aliphatic carbocycles. The third-order valence-electron chi connectivity index (χ3n) is 9.99. The lowest BCUT2D eigenvalue weighted by Crippen LogP contribution is -2.36. The molecule has 226 valence electrons. The third-order valence-corrected chi connectivity index (χ3v) is 9.99. The van der Waals surface area contributed by atoms with E-state index in [9.17, 15) is 4.79 Å². The lowest BCUT2D eigenvalue weighted by Gasteiger charge is -2.26. The summed E-state index contributed by atoms with van der Waals surface area (Å²) in [5.74, 6) is 1.67. The van der Waals surface area contributed by atoms with Crippen molar-refractivity contribution in [2.45, 2.75) is 76.8 Å². The topological polar surface area (TPSA) is 90.7 Å². The van der Waals surface area contributed by atoms with Gasteiger partial charge < -0.3 is 20.4 Å². The molecule has 9 heteroatoms. The highest BCUT2D eigenvalue weighted by molar-refractivity contribution is 6.19. The molecule has 7 rings (SSSR count). The largest absolute Gasteiger partial charge is 0.382 e. The molecule has 4 aliphatic rings. The summed E-state index contributed by atoms with van der Waals surface area (Å²) < 4.78 is 1.96. The zero-order valence-corrected chi connectivity index (χ0v) is 25.9. The van der Waals surface area contributed by atoms with Crippen molar-refractivity contribution in [3.05, 3.63) is 53.5 Å². The summed E-state index contributed by atoms with van der Waals surface area (Å²) in [4.78, 5) is 27.9. The molecule has 1 aromatic carbocycles. The molecular formula is C34H44N8O. The maximum absolute atomic E-state index is 13.8. The Labute approximate surface area is 254 Å². The number of pyridine rings is 1. The molecule has 3 aromatic rings.